The van der Waals surface area contributed by atoms with Crippen LogP contribution in [0.2, 0.25) is 0 Å². The molecule has 2 aromatic rings. The van der Waals surface area contributed by atoms with E-state index in [1.54, 1.807) is 6.07 Å². The van der Waals surface area contributed by atoms with E-state index in [1.807, 2.05) is 0 Å². The molecular formula is C14H19FN2. The fourth-order valence-electron chi connectivity index (χ4n) is 1.73. The lowest BCUT2D eigenvalue weighted by molar-refractivity contribution is 0.257. The zero-order chi connectivity index (χ0) is 12.6. The normalized spacial score (nSPS) is 14.2. The largest absolute Gasteiger partial charge is 0.342 e. The second-order valence-corrected chi connectivity index (χ2v) is 5.82. The molecular weight excluding hydrogens is 215 g/mol. The molecule has 0 spiro atoms. The Morgan fingerprint density at radius 3 is 2.71 bits per heavy atom. The highest BCUT2D eigenvalue weighted by atomic mass is 19.1. The van der Waals surface area contributed by atoms with Gasteiger partial charge in [-0.2, -0.15) is 0 Å². The third-order valence-corrected chi connectivity index (χ3v) is 3.47. The molecule has 92 valence electrons. The van der Waals surface area contributed by atoms with Crippen molar-refractivity contribution < 1.29 is 4.39 Å². The lowest BCUT2D eigenvalue weighted by Crippen LogP contribution is -2.19. The maximum absolute atomic E-state index is 13.0. The maximum atomic E-state index is 13.0. The van der Waals surface area contributed by atoms with Crippen LogP contribution in [0.1, 0.15) is 33.5 Å². The van der Waals surface area contributed by atoms with Crippen LogP contribution in [0.3, 0.4) is 0 Å². The minimum atomic E-state index is -0.225. The number of nitrogens with one attached hydrogen (secondary N) is 1. The van der Waals surface area contributed by atoms with Gasteiger partial charge in [0.25, 0.3) is 0 Å². The highest BCUT2D eigenvalue weighted by molar-refractivity contribution is 5.74. The van der Waals surface area contributed by atoms with Gasteiger partial charge >= 0.3 is 0 Å². The number of aromatic amines is 1. The average Bonchev–Trinajstić information content (AvgIpc) is 2.57. The van der Waals surface area contributed by atoms with E-state index in [0.29, 0.717) is 5.92 Å². The molecule has 0 aliphatic heterocycles. The Hall–Kier alpha value is -1.38. The van der Waals surface area contributed by atoms with Crippen LogP contribution >= 0.6 is 0 Å². The summed E-state index contributed by atoms with van der Waals surface area (Å²) in [6.45, 7) is 8.88. The van der Waals surface area contributed by atoms with Gasteiger partial charge in [-0.3, -0.25) is 0 Å². The number of H-pyrrole nitrogens is 1. The Labute approximate surface area is 101 Å². The number of fused-ring (bicyclic) bond motifs is 1. The molecule has 2 rings (SSSR count). The number of aromatic nitrogens is 2. The van der Waals surface area contributed by atoms with Crippen molar-refractivity contribution in [1.82, 2.24) is 9.97 Å². The van der Waals surface area contributed by atoms with Gasteiger partial charge in [0.05, 0.1) is 11.0 Å². The van der Waals surface area contributed by atoms with Crippen molar-refractivity contribution in [3.63, 3.8) is 0 Å². The van der Waals surface area contributed by atoms with Crippen LogP contribution < -0.4 is 0 Å². The summed E-state index contributed by atoms with van der Waals surface area (Å²) in [7, 11) is 0. The maximum Gasteiger partial charge on any atom is 0.125 e. The van der Waals surface area contributed by atoms with E-state index in [1.165, 1.54) is 12.1 Å². The SMILES string of the molecule is CC(Cc1nc2ccc(F)cc2[nH]1)C(C)(C)C. The van der Waals surface area contributed by atoms with Crippen LogP contribution in [0.25, 0.3) is 11.0 Å². The highest BCUT2D eigenvalue weighted by Gasteiger charge is 2.21. The Kier molecular flexibility index (Phi) is 2.94. The molecule has 1 unspecified atom stereocenters. The highest BCUT2D eigenvalue weighted by Crippen LogP contribution is 2.28. The summed E-state index contributed by atoms with van der Waals surface area (Å²) in [6, 6.07) is 4.65. The van der Waals surface area contributed by atoms with Crippen LogP contribution in [0, 0.1) is 17.2 Å². The average molecular weight is 234 g/mol. The first-order valence-corrected chi connectivity index (χ1v) is 6.00. The molecule has 1 aromatic carbocycles. The number of hydrogen-bond donors (Lipinski definition) is 1. The van der Waals surface area contributed by atoms with Gasteiger partial charge in [0.15, 0.2) is 0 Å². The molecule has 1 N–H and O–H groups in total. The molecule has 1 atom stereocenters. The fraction of sp³-hybridized carbons (Fsp3) is 0.500. The minimum absolute atomic E-state index is 0.225. The Morgan fingerprint density at radius 2 is 2.06 bits per heavy atom. The summed E-state index contributed by atoms with van der Waals surface area (Å²) in [5.41, 5.74) is 1.87. The van der Waals surface area contributed by atoms with Gasteiger partial charge in [0.2, 0.25) is 0 Å². The first-order chi connectivity index (χ1) is 7.86. The van der Waals surface area contributed by atoms with E-state index in [2.05, 4.69) is 37.7 Å². The smallest absolute Gasteiger partial charge is 0.125 e. The number of halogens is 1. The number of imidazole rings is 1. The zero-order valence-corrected chi connectivity index (χ0v) is 10.8. The Morgan fingerprint density at radius 1 is 1.35 bits per heavy atom. The topological polar surface area (TPSA) is 28.7 Å². The first-order valence-electron chi connectivity index (χ1n) is 6.00. The molecule has 2 nitrogen and oxygen atoms in total. The molecule has 1 aromatic heterocycles. The van der Waals surface area contributed by atoms with Gasteiger partial charge in [0.1, 0.15) is 11.6 Å². The van der Waals surface area contributed by atoms with Crippen molar-refractivity contribution >= 4 is 11.0 Å². The van der Waals surface area contributed by atoms with Crippen molar-refractivity contribution in [2.24, 2.45) is 11.3 Å². The second kappa shape index (κ2) is 4.13. The Balaban J connectivity index is 2.25. The molecule has 0 amide bonds. The van der Waals surface area contributed by atoms with Gasteiger partial charge in [0, 0.05) is 6.42 Å². The molecule has 17 heavy (non-hydrogen) atoms. The molecule has 0 saturated carbocycles. The Bertz CT molecular complexity index is 522. The summed E-state index contributed by atoms with van der Waals surface area (Å²) < 4.78 is 13.0. The predicted molar refractivity (Wildman–Crippen MR) is 68.4 cm³/mol. The van der Waals surface area contributed by atoms with Crippen molar-refractivity contribution in [1.29, 1.82) is 0 Å². The van der Waals surface area contributed by atoms with E-state index < -0.39 is 0 Å². The fourth-order valence-corrected chi connectivity index (χ4v) is 1.73. The second-order valence-electron chi connectivity index (χ2n) is 5.82. The van der Waals surface area contributed by atoms with Crippen LogP contribution in [0.5, 0.6) is 0 Å². The standard InChI is InChI=1S/C14H19FN2/c1-9(14(2,3)4)7-13-16-11-6-5-10(15)8-12(11)17-13/h5-6,8-9H,7H2,1-4H3,(H,16,17). The zero-order valence-electron chi connectivity index (χ0n) is 10.8. The summed E-state index contributed by atoms with van der Waals surface area (Å²) in [4.78, 5) is 7.67. The monoisotopic (exact) mass is 234 g/mol. The van der Waals surface area contributed by atoms with Crippen molar-refractivity contribution in [3.05, 3.63) is 29.8 Å². The minimum Gasteiger partial charge on any atom is -0.342 e. The third kappa shape index (κ3) is 2.65. The van der Waals surface area contributed by atoms with Gasteiger partial charge in [-0.05, 0) is 29.5 Å². The molecule has 0 fully saturated rings. The lowest BCUT2D eigenvalue weighted by atomic mass is 9.80. The number of rotatable bonds is 2. The number of hydrogen-bond acceptors (Lipinski definition) is 1. The van der Waals surface area contributed by atoms with Gasteiger partial charge in [-0.1, -0.05) is 27.7 Å². The first kappa shape index (κ1) is 12.1. The molecule has 0 radical (unpaired) electrons. The summed E-state index contributed by atoms with van der Waals surface area (Å²) >= 11 is 0. The molecule has 0 bridgehead atoms. The van der Waals surface area contributed by atoms with E-state index >= 15 is 0 Å². The summed E-state index contributed by atoms with van der Waals surface area (Å²) in [5.74, 6) is 1.23. The van der Waals surface area contributed by atoms with Gasteiger partial charge < -0.3 is 4.98 Å². The van der Waals surface area contributed by atoms with E-state index in [9.17, 15) is 4.39 Å². The molecule has 0 aliphatic rings. The predicted octanol–water partition coefficient (Wildman–Crippen LogP) is 3.93. The summed E-state index contributed by atoms with van der Waals surface area (Å²) in [6.07, 6.45) is 0.889. The van der Waals surface area contributed by atoms with E-state index in [-0.39, 0.29) is 11.2 Å². The van der Waals surface area contributed by atoms with Crippen LogP contribution in [-0.2, 0) is 6.42 Å². The van der Waals surface area contributed by atoms with E-state index in [4.69, 9.17) is 0 Å². The van der Waals surface area contributed by atoms with Gasteiger partial charge in [-0.25, -0.2) is 9.37 Å². The van der Waals surface area contributed by atoms with Crippen LogP contribution in [-0.4, -0.2) is 9.97 Å². The summed E-state index contributed by atoms with van der Waals surface area (Å²) in [5, 5.41) is 0. The lowest BCUT2D eigenvalue weighted by Gasteiger charge is -2.26. The molecule has 0 saturated heterocycles. The molecule has 0 aliphatic carbocycles. The van der Waals surface area contributed by atoms with Crippen molar-refractivity contribution in [3.8, 4) is 0 Å². The van der Waals surface area contributed by atoms with Crippen molar-refractivity contribution in [2.45, 2.75) is 34.1 Å². The third-order valence-electron chi connectivity index (χ3n) is 3.47. The van der Waals surface area contributed by atoms with Crippen LogP contribution in [0.4, 0.5) is 4.39 Å². The van der Waals surface area contributed by atoms with Crippen molar-refractivity contribution in [2.75, 3.05) is 0 Å². The van der Waals surface area contributed by atoms with E-state index in [0.717, 1.165) is 23.3 Å². The molecule has 1 heterocycles. The van der Waals surface area contributed by atoms with Gasteiger partial charge in [-0.15, -0.1) is 0 Å². The number of benzene rings is 1. The van der Waals surface area contributed by atoms with Crippen LogP contribution in [0.15, 0.2) is 18.2 Å². The molecule has 3 heteroatoms. The number of nitrogens with zero attached hydrogens (tertiary/aromatic N) is 1. The quantitative estimate of drug-likeness (QED) is 0.838.